The summed E-state index contributed by atoms with van der Waals surface area (Å²) in [5, 5.41) is 12.0. The van der Waals surface area contributed by atoms with Crippen LogP contribution in [-0.4, -0.2) is 71.4 Å². The van der Waals surface area contributed by atoms with Gasteiger partial charge in [-0.1, -0.05) is 30.3 Å². The number of amides is 1. The molecule has 0 aliphatic carbocycles. The molecule has 0 spiro atoms. The van der Waals surface area contributed by atoms with Crippen LogP contribution >= 0.6 is 11.8 Å². The van der Waals surface area contributed by atoms with Gasteiger partial charge in [0.25, 0.3) is 0 Å². The fraction of sp³-hybridized carbons (Fsp3) is 0.407. The second-order valence-electron chi connectivity index (χ2n) is 9.56. The van der Waals surface area contributed by atoms with Gasteiger partial charge in [-0.2, -0.15) is 4.31 Å². The SMILES string of the molecule is CC(=O)NCCCc1nnc(SCC(=O)c2ccc(S(=O)(=O)N3CCCCC3)cc2)n1-c1ccc2c(c1)OCO2. The number of rotatable bonds is 11. The van der Waals surface area contributed by atoms with Gasteiger partial charge in [-0.15, -0.1) is 10.2 Å². The van der Waals surface area contributed by atoms with E-state index in [0.717, 1.165) is 24.9 Å². The maximum atomic E-state index is 13.0. The van der Waals surface area contributed by atoms with E-state index in [2.05, 4.69) is 15.5 Å². The third kappa shape index (κ3) is 6.31. The van der Waals surface area contributed by atoms with Crippen LogP contribution < -0.4 is 14.8 Å². The van der Waals surface area contributed by atoms with Crippen molar-refractivity contribution in [2.24, 2.45) is 0 Å². The van der Waals surface area contributed by atoms with Crippen LogP contribution in [0.5, 0.6) is 11.5 Å². The molecule has 1 saturated heterocycles. The fourth-order valence-electron chi connectivity index (χ4n) is 4.63. The lowest BCUT2D eigenvalue weighted by atomic mass is 10.1. The molecule has 2 aliphatic rings. The number of piperidine rings is 1. The lowest BCUT2D eigenvalue weighted by Gasteiger charge is -2.25. The van der Waals surface area contributed by atoms with Gasteiger partial charge in [-0.3, -0.25) is 14.2 Å². The minimum atomic E-state index is -3.56. The highest BCUT2D eigenvalue weighted by atomic mass is 32.2. The zero-order chi connectivity index (χ0) is 28.1. The lowest BCUT2D eigenvalue weighted by molar-refractivity contribution is -0.118. The van der Waals surface area contributed by atoms with Gasteiger partial charge < -0.3 is 14.8 Å². The number of thioether (sulfide) groups is 1. The molecule has 1 fully saturated rings. The number of carbonyl (C=O) groups excluding carboxylic acids is 2. The minimum Gasteiger partial charge on any atom is -0.454 e. The van der Waals surface area contributed by atoms with Crippen LogP contribution in [0.2, 0.25) is 0 Å². The van der Waals surface area contributed by atoms with Crippen LogP contribution in [0, 0.1) is 0 Å². The largest absolute Gasteiger partial charge is 0.454 e. The van der Waals surface area contributed by atoms with E-state index >= 15 is 0 Å². The van der Waals surface area contributed by atoms with Gasteiger partial charge in [-0.25, -0.2) is 8.42 Å². The molecule has 11 nitrogen and oxygen atoms in total. The molecule has 0 saturated carbocycles. The van der Waals surface area contributed by atoms with E-state index in [1.165, 1.54) is 35.1 Å². The minimum absolute atomic E-state index is 0.0901. The second kappa shape index (κ2) is 12.4. The molecular weight excluding hydrogens is 554 g/mol. The summed E-state index contributed by atoms with van der Waals surface area (Å²) in [6, 6.07) is 11.7. The van der Waals surface area contributed by atoms with Crippen molar-refractivity contribution in [3.05, 3.63) is 53.9 Å². The molecule has 0 atom stereocenters. The van der Waals surface area contributed by atoms with Crippen LogP contribution in [0.15, 0.2) is 52.5 Å². The molecular formula is C27H31N5O6S2. The average Bonchev–Trinajstić information content (AvgIpc) is 3.61. The van der Waals surface area contributed by atoms with Crippen LogP contribution in [0.25, 0.3) is 5.69 Å². The average molecular weight is 586 g/mol. The Bertz CT molecular complexity index is 1480. The topological polar surface area (TPSA) is 133 Å². The number of aryl methyl sites for hydroxylation is 1. The Balaban J connectivity index is 1.30. The molecule has 0 radical (unpaired) electrons. The van der Waals surface area contributed by atoms with E-state index in [4.69, 9.17) is 9.47 Å². The van der Waals surface area contributed by atoms with E-state index in [-0.39, 0.29) is 29.1 Å². The van der Waals surface area contributed by atoms with Crippen molar-refractivity contribution in [3.8, 4) is 17.2 Å². The highest BCUT2D eigenvalue weighted by Crippen LogP contribution is 2.35. The molecule has 212 valence electrons. The summed E-state index contributed by atoms with van der Waals surface area (Å²) in [5.41, 5.74) is 1.20. The fourth-order valence-corrected chi connectivity index (χ4v) is 7.01. The van der Waals surface area contributed by atoms with E-state index in [9.17, 15) is 18.0 Å². The number of carbonyl (C=O) groups is 2. The van der Waals surface area contributed by atoms with E-state index in [1.54, 1.807) is 12.1 Å². The Morgan fingerprint density at radius 2 is 1.75 bits per heavy atom. The first-order valence-electron chi connectivity index (χ1n) is 13.2. The van der Waals surface area contributed by atoms with E-state index in [0.29, 0.717) is 60.5 Å². The summed E-state index contributed by atoms with van der Waals surface area (Å²) in [5.74, 6) is 1.79. The van der Waals surface area contributed by atoms with Crippen LogP contribution in [0.3, 0.4) is 0 Å². The number of Topliss-reactive ketones (excluding diaryl/α,β-unsaturated/α-hetero) is 1. The van der Waals surface area contributed by atoms with Crippen molar-refractivity contribution in [1.29, 1.82) is 0 Å². The summed E-state index contributed by atoms with van der Waals surface area (Å²) < 4.78 is 40.2. The lowest BCUT2D eigenvalue weighted by Crippen LogP contribution is -2.35. The molecule has 0 bridgehead atoms. The Labute approximate surface area is 237 Å². The number of benzene rings is 2. The monoisotopic (exact) mass is 585 g/mol. The number of ketones is 1. The Morgan fingerprint density at radius 1 is 1.00 bits per heavy atom. The highest BCUT2D eigenvalue weighted by molar-refractivity contribution is 7.99. The number of sulfonamides is 1. The van der Waals surface area contributed by atoms with Gasteiger partial charge in [-0.05, 0) is 43.5 Å². The van der Waals surface area contributed by atoms with Crippen molar-refractivity contribution in [3.63, 3.8) is 0 Å². The van der Waals surface area contributed by atoms with Crippen molar-refractivity contribution >= 4 is 33.5 Å². The van der Waals surface area contributed by atoms with Gasteiger partial charge in [0, 0.05) is 44.6 Å². The Hall–Kier alpha value is -3.42. The van der Waals surface area contributed by atoms with Gasteiger partial charge in [0.1, 0.15) is 5.82 Å². The predicted octanol–water partition coefficient (Wildman–Crippen LogP) is 3.21. The van der Waals surface area contributed by atoms with Crippen molar-refractivity contribution in [2.45, 2.75) is 49.1 Å². The van der Waals surface area contributed by atoms with Crippen molar-refractivity contribution in [2.75, 3.05) is 32.2 Å². The van der Waals surface area contributed by atoms with Crippen molar-refractivity contribution < 1.29 is 27.5 Å². The highest BCUT2D eigenvalue weighted by Gasteiger charge is 2.26. The molecule has 1 N–H and O–H groups in total. The van der Waals surface area contributed by atoms with Crippen molar-refractivity contribution in [1.82, 2.24) is 24.4 Å². The summed E-state index contributed by atoms with van der Waals surface area (Å²) in [6.45, 7) is 3.19. The maximum Gasteiger partial charge on any atom is 0.243 e. The number of nitrogens with zero attached hydrogens (tertiary/aromatic N) is 4. The third-order valence-corrected chi connectivity index (χ3v) is 9.57. The molecule has 3 aromatic rings. The number of fused-ring (bicyclic) bond motifs is 1. The van der Waals surface area contributed by atoms with Gasteiger partial charge >= 0.3 is 0 Å². The van der Waals surface area contributed by atoms with Crippen LogP contribution in [-0.2, 0) is 21.2 Å². The zero-order valence-corrected chi connectivity index (χ0v) is 23.8. The molecule has 2 aromatic carbocycles. The summed E-state index contributed by atoms with van der Waals surface area (Å²) in [6.07, 6.45) is 3.99. The first kappa shape index (κ1) is 28.1. The standard InChI is InChI=1S/C27H31N5O6S2/c1-19(33)28-13-5-6-26-29-30-27(32(26)21-9-12-24-25(16-21)38-18-37-24)39-17-23(34)20-7-10-22(11-8-20)40(35,36)31-14-3-2-4-15-31/h7-12,16H,2-6,13-15,17-18H2,1H3,(H,28,33). The molecule has 0 unspecified atom stereocenters. The number of aromatic nitrogens is 3. The quantitative estimate of drug-likeness (QED) is 0.205. The molecule has 40 heavy (non-hydrogen) atoms. The Morgan fingerprint density at radius 3 is 2.50 bits per heavy atom. The smallest absolute Gasteiger partial charge is 0.243 e. The zero-order valence-electron chi connectivity index (χ0n) is 22.2. The maximum absolute atomic E-state index is 13.0. The number of nitrogens with one attached hydrogen (secondary N) is 1. The summed E-state index contributed by atoms with van der Waals surface area (Å²) in [7, 11) is -3.56. The molecule has 13 heteroatoms. The molecule has 3 heterocycles. The van der Waals surface area contributed by atoms with E-state index < -0.39 is 10.0 Å². The first-order chi connectivity index (χ1) is 19.3. The summed E-state index contributed by atoms with van der Waals surface area (Å²) in [4.78, 5) is 24.5. The molecule has 5 rings (SSSR count). The molecule has 1 aromatic heterocycles. The molecule has 2 aliphatic heterocycles. The van der Waals surface area contributed by atoms with Crippen LogP contribution in [0.1, 0.15) is 48.8 Å². The normalized spacial score (nSPS) is 15.2. The third-order valence-electron chi connectivity index (χ3n) is 6.73. The number of ether oxygens (including phenoxy) is 2. The number of hydrogen-bond donors (Lipinski definition) is 1. The van der Waals surface area contributed by atoms with E-state index in [1.807, 2.05) is 22.8 Å². The number of hydrogen-bond acceptors (Lipinski definition) is 9. The van der Waals surface area contributed by atoms with Gasteiger partial charge in [0.05, 0.1) is 16.3 Å². The van der Waals surface area contributed by atoms with Crippen LogP contribution in [0.4, 0.5) is 0 Å². The summed E-state index contributed by atoms with van der Waals surface area (Å²) >= 11 is 1.25. The first-order valence-corrected chi connectivity index (χ1v) is 15.6. The van der Waals surface area contributed by atoms with Gasteiger partial charge in [0.15, 0.2) is 22.4 Å². The Kier molecular flexibility index (Phi) is 8.72. The molecule has 1 amide bonds. The predicted molar refractivity (Wildman–Crippen MR) is 149 cm³/mol. The van der Waals surface area contributed by atoms with Gasteiger partial charge in [0.2, 0.25) is 22.7 Å². The second-order valence-corrected chi connectivity index (χ2v) is 12.4.